The molecule has 0 saturated carbocycles. The highest BCUT2D eigenvalue weighted by atomic mass is 16.3. The fourth-order valence-electron chi connectivity index (χ4n) is 1.88. The summed E-state index contributed by atoms with van der Waals surface area (Å²) in [5, 5.41) is 22.5. The predicted molar refractivity (Wildman–Crippen MR) is 82.3 cm³/mol. The number of hydrogen-bond donors (Lipinski definition) is 3. The number of aliphatic hydroxyl groups excluding tert-OH is 1. The van der Waals surface area contributed by atoms with Gasteiger partial charge in [0.1, 0.15) is 17.9 Å². The number of nitrogens with zero attached hydrogens (tertiary/aromatic N) is 2. The Morgan fingerprint density at radius 2 is 1.81 bits per heavy atom. The molecule has 0 aliphatic carbocycles. The molecule has 0 bridgehead atoms. The number of hydrogen-bond acceptors (Lipinski definition) is 5. The molecule has 0 spiro atoms. The van der Waals surface area contributed by atoms with Crippen molar-refractivity contribution in [3.63, 3.8) is 0 Å². The van der Waals surface area contributed by atoms with Gasteiger partial charge in [-0.1, -0.05) is 32.9 Å². The van der Waals surface area contributed by atoms with E-state index in [0.29, 0.717) is 12.4 Å². The second-order valence-electron chi connectivity index (χ2n) is 6.03. The van der Waals surface area contributed by atoms with Gasteiger partial charge in [0.2, 0.25) is 0 Å². The van der Waals surface area contributed by atoms with Crippen molar-refractivity contribution in [3.8, 4) is 5.75 Å². The summed E-state index contributed by atoms with van der Waals surface area (Å²) in [5.74, 6) is 0.872. The maximum absolute atomic E-state index is 10.1. The van der Waals surface area contributed by atoms with E-state index in [1.54, 1.807) is 24.3 Å². The first-order valence-electron chi connectivity index (χ1n) is 6.89. The van der Waals surface area contributed by atoms with Crippen molar-refractivity contribution in [2.24, 2.45) is 0 Å². The van der Waals surface area contributed by atoms with E-state index < -0.39 is 6.10 Å². The highest BCUT2D eigenvalue weighted by Gasteiger charge is 2.16. The molecule has 5 nitrogen and oxygen atoms in total. The second kappa shape index (κ2) is 6.10. The molecule has 0 aliphatic rings. The van der Waals surface area contributed by atoms with E-state index in [0.717, 1.165) is 11.3 Å². The minimum absolute atomic E-state index is 0.0467. The van der Waals surface area contributed by atoms with E-state index >= 15 is 0 Å². The zero-order chi connectivity index (χ0) is 15.5. The number of aliphatic hydroxyl groups is 1. The number of nitrogens with one attached hydrogen (secondary N) is 1. The summed E-state index contributed by atoms with van der Waals surface area (Å²) in [6.45, 7) is 6.60. The Hall–Kier alpha value is -2.14. The molecular weight excluding hydrogens is 266 g/mol. The van der Waals surface area contributed by atoms with Crippen LogP contribution in [0.1, 0.15) is 38.1 Å². The van der Waals surface area contributed by atoms with E-state index in [4.69, 9.17) is 0 Å². The van der Waals surface area contributed by atoms with Crippen molar-refractivity contribution in [1.82, 2.24) is 9.97 Å². The lowest BCUT2D eigenvalue weighted by Gasteiger charge is -2.18. The van der Waals surface area contributed by atoms with Crippen LogP contribution < -0.4 is 5.32 Å². The summed E-state index contributed by atoms with van der Waals surface area (Å²) in [7, 11) is 0. The summed E-state index contributed by atoms with van der Waals surface area (Å²) < 4.78 is 0. The summed E-state index contributed by atoms with van der Waals surface area (Å²) in [6, 6.07) is 8.40. The molecule has 2 rings (SSSR count). The standard InChI is InChI=1S/C16H21N3O2/c1-16(2,3)14-8-15(19-10-18-14)17-9-13(21)11-4-6-12(20)7-5-11/h4-8,10,13,20-21H,9H2,1-3H3,(H,17,18,19). The lowest BCUT2D eigenvalue weighted by atomic mass is 9.92. The van der Waals surface area contributed by atoms with Gasteiger partial charge in [-0.15, -0.1) is 0 Å². The lowest BCUT2D eigenvalue weighted by molar-refractivity contribution is 0.191. The maximum Gasteiger partial charge on any atom is 0.129 e. The van der Waals surface area contributed by atoms with Crippen LogP contribution in [0.5, 0.6) is 5.75 Å². The molecule has 1 aromatic heterocycles. The highest BCUT2D eigenvalue weighted by molar-refractivity contribution is 5.37. The second-order valence-corrected chi connectivity index (χ2v) is 6.03. The Morgan fingerprint density at radius 1 is 1.14 bits per heavy atom. The molecule has 1 atom stereocenters. The van der Waals surface area contributed by atoms with Crippen LogP contribution in [0.15, 0.2) is 36.7 Å². The van der Waals surface area contributed by atoms with Crippen LogP contribution in [-0.4, -0.2) is 26.7 Å². The third-order valence-corrected chi connectivity index (χ3v) is 3.19. The SMILES string of the molecule is CC(C)(C)c1cc(NCC(O)c2ccc(O)cc2)ncn1. The van der Waals surface area contributed by atoms with Gasteiger partial charge in [0, 0.05) is 18.0 Å². The van der Waals surface area contributed by atoms with Crippen LogP contribution in [0.4, 0.5) is 5.82 Å². The molecule has 1 heterocycles. The summed E-state index contributed by atoms with van der Waals surface area (Å²) in [4.78, 5) is 8.42. The average Bonchev–Trinajstić information content (AvgIpc) is 2.45. The van der Waals surface area contributed by atoms with Crippen molar-refractivity contribution in [2.45, 2.75) is 32.3 Å². The summed E-state index contributed by atoms with van der Waals surface area (Å²) in [6.07, 6.45) is 0.856. The molecule has 0 aliphatic heterocycles. The quantitative estimate of drug-likeness (QED) is 0.805. The minimum Gasteiger partial charge on any atom is -0.508 e. The van der Waals surface area contributed by atoms with Gasteiger partial charge in [-0.2, -0.15) is 0 Å². The molecule has 21 heavy (non-hydrogen) atoms. The average molecular weight is 287 g/mol. The molecular formula is C16H21N3O2. The molecule has 112 valence electrons. The van der Waals surface area contributed by atoms with Gasteiger partial charge in [0.05, 0.1) is 11.8 Å². The van der Waals surface area contributed by atoms with E-state index in [1.165, 1.54) is 6.33 Å². The number of phenolic OH excluding ortho intramolecular Hbond substituents is 1. The fraction of sp³-hybridized carbons (Fsp3) is 0.375. The third-order valence-electron chi connectivity index (χ3n) is 3.19. The number of benzene rings is 1. The Kier molecular flexibility index (Phi) is 4.43. The Labute approximate surface area is 124 Å². The Bertz CT molecular complexity index is 591. The molecule has 0 saturated heterocycles. The van der Waals surface area contributed by atoms with E-state index in [-0.39, 0.29) is 11.2 Å². The largest absolute Gasteiger partial charge is 0.508 e. The first-order valence-corrected chi connectivity index (χ1v) is 6.89. The van der Waals surface area contributed by atoms with Crippen LogP contribution in [-0.2, 0) is 5.41 Å². The monoisotopic (exact) mass is 287 g/mol. The zero-order valence-electron chi connectivity index (χ0n) is 12.5. The number of aromatic nitrogens is 2. The molecule has 5 heteroatoms. The Morgan fingerprint density at radius 3 is 2.43 bits per heavy atom. The predicted octanol–water partition coefficient (Wildman–Crippen LogP) is 2.63. The van der Waals surface area contributed by atoms with Crippen LogP contribution in [0.25, 0.3) is 0 Å². The molecule has 1 aromatic carbocycles. The number of phenols is 1. The van der Waals surface area contributed by atoms with Crippen LogP contribution in [0.2, 0.25) is 0 Å². The van der Waals surface area contributed by atoms with Crippen LogP contribution >= 0.6 is 0 Å². The van der Waals surface area contributed by atoms with Gasteiger partial charge < -0.3 is 15.5 Å². The van der Waals surface area contributed by atoms with Gasteiger partial charge in [-0.3, -0.25) is 0 Å². The Balaban J connectivity index is 2.01. The van der Waals surface area contributed by atoms with Crippen LogP contribution in [0, 0.1) is 0 Å². The van der Waals surface area contributed by atoms with E-state index in [9.17, 15) is 10.2 Å². The number of anilines is 1. The molecule has 0 fully saturated rings. The molecule has 1 unspecified atom stereocenters. The van der Waals surface area contributed by atoms with Crippen molar-refractivity contribution in [1.29, 1.82) is 0 Å². The van der Waals surface area contributed by atoms with Crippen molar-refractivity contribution in [3.05, 3.63) is 47.9 Å². The molecule has 0 radical (unpaired) electrons. The highest BCUT2D eigenvalue weighted by Crippen LogP contribution is 2.22. The number of aromatic hydroxyl groups is 1. The van der Waals surface area contributed by atoms with Gasteiger partial charge in [0.25, 0.3) is 0 Å². The molecule has 3 N–H and O–H groups in total. The van der Waals surface area contributed by atoms with Gasteiger partial charge >= 0.3 is 0 Å². The van der Waals surface area contributed by atoms with E-state index in [2.05, 4.69) is 36.1 Å². The van der Waals surface area contributed by atoms with Crippen molar-refractivity contribution in [2.75, 3.05) is 11.9 Å². The zero-order valence-corrected chi connectivity index (χ0v) is 12.5. The summed E-state index contributed by atoms with van der Waals surface area (Å²) in [5.41, 5.74) is 1.64. The third kappa shape index (κ3) is 4.16. The van der Waals surface area contributed by atoms with Gasteiger partial charge in [0.15, 0.2) is 0 Å². The first-order chi connectivity index (χ1) is 9.86. The maximum atomic E-state index is 10.1. The summed E-state index contributed by atoms with van der Waals surface area (Å²) >= 11 is 0. The smallest absolute Gasteiger partial charge is 0.129 e. The lowest BCUT2D eigenvalue weighted by Crippen LogP contribution is -2.16. The van der Waals surface area contributed by atoms with E-state index in [1.807, 2.05) is 6.07 Å². The molecule has 0 amide bonds. The van der Waals surface area contributed by atoms with Gasteiger partial charge in [-0.05, 0) is 17.7 Å². The topological polar surface area (TPSA) is 78.3 Å². The fourth-order valence-corrected chi connectivity index (χ4v) is 1.88. The number of rotatable bonds is 4. The van der Waals surface area contributed by atoms with Crippen LogP contribution in [0.3, 0.4) is 0 Å². The van der Waals surface area contributed by atoms with Crippen molar-refractivity contribution >= 4 is 5.82 Å². The first kappa shape index (κ1) is 15.3. The minimum atomic E-state index is -0.668. The van der Waals surface area contributed by atoms with Gasteiger partial charge in [-0.25, -0.2) is 9.97 Å². The van der Waals surface area contributed by atoms with Crippen molar-refractivity contribution < 1.29 is 10.2 Å². The molecule has 2 aromatic rings. The normalized spacial score (nSPS) is 13.0.